The highest BCUT2D eigenvalue weighted by Gasteiger charge is 2.13. The van der Waals surface area contributed by atoms with Crippen LogP contribution in [0.15, 0.2) is 17.0 Å². The highest BCUT2D eigenvalue weighted by Crippen LogP contribution is 2.03. The number of hydrogen-bond donors (Lipinski definition) is 4. The summed E-state index contributed by atoms with van der Waals surface area (Å²) in [5, 5.41) is 3.88. The molecule has 16 heavy (non-hydrogen) atoms. The number of hydrazine groups is 1. The number of nitrogens with one attached hydrogen (secondary N) is 3. The first-order valence-electron chi connectivity index (χ1n) is 5.25. The normalized spacial score (nSPS) is 18.5. The van der Waals surface area contributed by atoms with Crippen LogP contribution in [0.4, 0.5) is 0 Å². The molecule has 7 nitrogen and oxygen atoms in total. The molecule has 0 unspecified atom stereocenters. The number of nitrogens with zero attached hydrogens (tertiary/aromatic N) is 2. The smallest absolute Gasteiger partial charge is 0.146 e. The molecular formula is C9H20N6O. The van der Waals surface area contributed by atoms with E-state index in [1.165, 1.54) is 0 Å². The van der Waals surface area contributed by atoms with E-state index in [9.17, 15) is 0 Å². The molecule has 1 heterocycles. The van der Waals surface area contributed by atoms with Gasteiger partial charge in [0.25, 0.3) is 0 Å². The van der Waals surface area contributed by atoms with Gasteiger partial charge < -0.3 is 26.2 Å². The van der Waals surface area contributed by atoms with E-state index in [0.717, 1.165) is 32.1 Å². The summed E-state index contributed by atoms with van der Waals surface area (Å²) >= 11 is 0. The van der Waals surface area contributed by atoms with Gasteiger partial charge in [-0.2, -0.15) is 5.10 Å². The lowest BCUT2D eigenvalue weighted by Gasteiger charge is -2.31. The molecule has 1 fully saturated rings. The van der Waals surface area contributed by atoms with Gasteiger partial charge in [-0.15, -0.1) is 0 Å². The molecule has 0 aromatic heterocycles. The van der Waals surface area contributed by atoms with Crippen molar-refractivity contribution in [1.29, 1.82) is 0 Å². The molecule has 0 aliphatic carbocycles. The van der Waals surface area contributed by atoms with Gasteiger partial charge in [-0.3, -0.25) is 0 Å². The summed E-state index contributed by atoms with van der Waals surface area (Å²) < 4.78 is 5.29. The van der Waals surface area contributed by atoms with Crippen molar-refractivity contribution in [2.24, 2.45) is 10.8 Å². The van der Waals surface area contributed by atoms with Gasteiger partial charge in [0.15, 0.2) is 0 Å². The van der Waals surface area contributed by atoms with Crippen molar-refractivity contribution in [2.75, 3.05) is 40.4 Å². The number of morpholine rings is 1. The summed E-state index contributed by atoms with van der Waals surface area (Å²) in [5.74, 6) is 1.31. The third kappa shape index (κ3) is 3.95. The Morgan fingerprint density at radius 3 is 2.62 bits per heavy atom. The van der Waals surface area contributed by atoms with Crippen LogP contribution in [-0.2, 0) is 4.74 Å². The number of nitrogens with two attached hydrogens (primary N) is 1. The van der Waals surface area contributed by atoms with E-state index < -0.39 is 0 Å². The fraction of sp³-hybridized carbons (Fsp3) is 0.667. The Bertz CT molecular complexity index is 259. The van der Waals surface area contributed by atoms with Gasteiger partial charge in [-0.1, -0.05) is 0 Å². The van der Waals surface area contributed by atoms with E-state index >= 15 is 0 Å². The highest BCUT2D eigenvalue weighted by atomic mass is 16.5. The monoisotopic (exact) mass is 228 g/mol. The SMILES string of the molecule is CNN=C(N)/C=C(\NNC)N1CCOCC1. The van der Waals surface area contributed by atoms with E-state index in [-0.39, 0.29) is 0 Å². The largest absolute Gasteiger partial charge is 0.382 e. The lowest BCUT2D eigenvalue weighted by atomic mass is 10.4. The summed E-state index contributed by atoms with van der Waals surface area (Å²) in [6.07, 6.45) is 1.78. The second-order valence-corrected chi connectivity index (χ2v) is 3.26. The van der Waals surface area contributed by atoms with Crippen LogP contribution in [-0.4, -0.2) is 51.1 Å². The van der Waals surface area contributed by atoms with Gasteiger partial charge >= 0.3 is 0 Å². The molecule has 1 aliphatic heterocycles. The fourth-order valence-corrected chi connectivity index (χ4v) is 1.44. The molecule has 7 heteroatoms. The second kappa shape index (κ2) is 6.91. The van der Waals surface area contributed by atoms with Crippen molar-refractivity contribution in [3.63, 3.8) is 0 Å². The lowest BCUT2D eigenvalue weighted by molar-refractivity contribution is 0.0495. The average Bonchev–Trinajstić information content (AvgIpc) is 2.30. The number of hydrazone groups is 1. The molecule has 92 valence electrons. The van der Waals surface area contributed by atoms with Crippen molar-refractivity contribution in [3.8, 4) is 0 Å². The third-order valence-electron chi connectivity index (χ3n) is 2.13. The van der Waals surface area contributed by atoms with Crippen molar-refractivity contribution in [2.45, 2.75) is 0 Å². The van der Waals surface area contributed by atoms with Crippen LogP contribution in [0.2, 0.25) is 0 Å². The number of ether oxygens (including phenoxy) is 1. The van der Waals surface area contributed by atoms with Crippen LogP contribution in [0, 0.1) is 0 Å². The molecular weight excluding hydrogens is 208 g/mol. The Morgan fingerprint density at radius 2 is 2.06 bits per heavy atom. The van der Waals surface area contributed by atoms with E-state index in [0.29, 0.717) is 5.84 Å². The fourth-order valence-electron chi connectivity index (χ4n) is 1.44. The average molecular weight is 228 g/mol. The summed E-state index contributed by atoms with van der Waals surface area (Å²) in [6.45, 7) is 3.14. The molecule has 0 atom stereocenters. The summed E-state index contributed by atoms with van der Waals surface area (Å²) in [5.41, 5.74) is 14.3. The Kier molecular flexibility index (Phi) is 5.44. The van der Waals surface area contributed by atoms with Crippen LogP contribution in [0.25, 0.3) is 0 Å². The molecule has 0 saturated carbocycles. The lowest BCUT2D eigenvalue weighted by Crippen LogP contribution is -2.44. The highest BCUT2D eigenvalue weighted by molar-refractivity contribution is 5.91. The van der Waals surface area contributed by atoms with Crippen LogP contribution in [0.5, 0.6) is 0 Å². The van der Waals surface area contributed by atoms with Gasteiger partial charge in [-0.25, -0.2) is 5.43 Å². The number of amidine groups is 1. The van der Waals surface area contributed by atoms with Crippen LogP contribution in [0.1, 0.15) is 0 Å². The summed E-state index contributed by atoms with van der Waals surface area (Å²) in [4.78, 5) is 2.15. The van der Waals surface area contributed by atoms with E-state index in [1.54, 1.807) is 20.2 Å². The number of hydrogen-bond acceptors (Lipinski definition) is 6. The molecule has 0 spiro atoms. The van der Waals surface area contributed by atoms with E-state index in [4.69, 9.17) is 10.5 Å². The zero-order chi connectivity index (χ0) is 11.8. The zero-order valence-electron chi connectivity index (χ0n) is 9.79. The zero-order valence-corrected chi connectivity index (χ0v) is 9.79. The molecule has 1 saturated heterocycles. The Morgan fingerprint density at radius 1 is 1.38 bits per heavy atom. The van der Waals surface area contributed by atoms with Gasteiger partial charge in [0, 0.05) is 33.3 Å². The molecule has 0 amide bonds. The first-order valence-corrected chi connectivity index (χ1v) is 5.25. The van der Waals surface area contributed by atoms with E-state index in [2.05, 4.69) is 26.3 Å². The Labute approximate surface area is 95.7 Å². The molecule has 1 rings (SSSR count). The molecule has 0 radical (unpaired) electrons. The molecule has 0 aromatic carbocycles. The maximum Gasteiger partial charge on any atom is 0.146 e. The molecule has 0 bridgehead atoms. The van der Waals surface area contributed by atoms with Crippen LogP contribution < -0.4 is 22.0 Å². The quantitative estimate of drug-likeness (QED) is 0.257. The van der Waals surface area contributed by atoms with Gasteiger partial charge in [-0.05, 0) is 0 Å². The van der Waals surface area contributed by atoms with Crippen molar-refractivity contribution in [1.82, 2.24) is 21.2 Å². The molecule has 5 N–H and O–H groups in total. The van der Waals surface area contributed by atoms with Crippen LogP contribution in [0.3, 0.4) is 0 Å². The summed E-state index contributed by atoms with van der Waals surface area (Å²) in [6, 6.07) is 0. The first-order chi connectivity index (χ1) is 7.77. The predicted molar refractivity (Wildman–Crippen MR) is 63.4 cm³/mol. The first kappa shape index (κ1) is 12.6. The summed E-state index contributed by atoms with van der Waals surface area (Å²) in [7, 11) is 3.51. The third-order valence-corrected chi connectivity index (χ3v) is 2.13. The topological polar surface area (TPSA) is 86.9 Å². The maximum atomic E-state index is 5.71. The van der Waals surface area contributed by atoms with Crippen molar-refractivity contribution < 1.29 is 4.74 Å². The minimum absolute atomic E-state index is 0.423. The van der Waals surface area contributed by atoms with Gasteiger partial charge in [0.2, 0.25) is 0 Å². The predicted octanol–water partition coefficient (Wildman–Crippen LogP) is -1.62. The van der Waals surface area contributed by atoms with Crippen molar-refractivity contribution in [3.05, 3.63) is 11.9 Å². The number of rotatable bonds is 5. The standard InChI is InChI=1S/C9H20N6O/c1-11-13-8(10)7-9(14-12-2)15-3-5-16-6-4-15/h7,11-12,14H,3-6H2,1-2H3,(H2,10,13)/b9-7+. The molecule has 1 aliphatic rings. The van der Waals surface area contributed by atoms with Crippen LogP contribution >= 0.6 is 0 Å². The van der Waals surface area contributed by atoms with Crippen molar-refractivity contribution >= 4 is 5.84 Å². The molecule has 0 aromatic rings. The Balaban J connectivity index is 2.67. The Hall–Kier alpha value is -1.47. The minimum atomic E-state index is 0.423. The van der Waals surface area contributed by atoms with Gasteiger partial charge in [0.05, 0.1) is 13.2 Å². The minimum Gasteiger partial charge on any atom is -0.382 e. The van der Waals surface area contributed by atoms with E-state index in [1.807, 2.05) is 0 Å². The maximum absolute atomic E-state index is 5.71. The second-order valence-electron chi connectivity index (χ2n) is 3.26. The van der Waals surface area contributed by atoms with Gasteiger partial charge in [0.1, 0.15) is 11.7 Å².